The van der Waals surface area contributed by atoms with Gasteiger partial charge in [0.15, 0.2) is 4.80 Å². The van der Waals surface area contributed by atoms with Crippen molar-refractivity contribution in [3.05, 3.63) is 102 Å². The van der Waals surface area contributed by atoms with Crippen molar-refractivity contribution in [1.82, 2.24) is 4.57 Å². The largest absolute Gasteiger partial charge is 0.497 e. The molecule has 5 rings (SSSR count). The predicted molar refractivity (Wildman–Crippen MR) is 151 cm³/mol. The first-order chi connectivity index (χ1) is 19.8. The Labute approximate surface area is 238 Å². The molecule has 0 aliphatic carbocycles. The fourth-order valence-corrected chi connectivity index (χ4v) is 5.75. The second-order valence-corrected chi connectivity index (χ2v) is 9.97. The smallest absolute Gasteiger partial charge is 0.338 e. The van der Waals surface area contributed by atoms with E-state index in [2.05, 4.69) is 4.99 Å². The number of thiazole rings is 1. The SMILES string of the molecule is CCOC(=O)C1=C(C)N=c2sc(=Cc3ccc(-c4ccccc4C(=O)O)o3)c(=O)n2C1c1ccc(OC)cc1OC. The molecule has 2 aromatic heterocycles. The predicted octanol–water partition coefficient (Wildman–Crippen LogP) is 3.77. The van der Waals surface area contributed by atoms with Crippen LogP contribution < -0.4 is 24.4 Å². The van der Waals surface area contributed by atoms with Crippen LogP contribution >= 0.6 is 11.3 Å². The van der Waals surface area contributed by atoms with Crippen molar-refractivity contribution in [3.8, 4) is 22.8 Å². The van der Waals surface area contributed by atoms with Crippen molar-refractivity contribution in [2.24, 2.45) is 4.99 Å². The number of hydrogen-bond acceptors (Lipinski definition) is 9. The van der Waals surface area contributed by atoms with E-state index in [1.807, 2.05) is 0 Å². The van der Waals surface area contributed by atoms with E-state index in [0.29, 0.717) is 49.2 Å². The number of rotatable bonds is 8. The van der Waals surface area contributed by atoms with Crippen molar-refractivity contribution in [3.63, 3.8) is 0 Å². The topological polar surface area (TPSA) is 130 Å². The van der Waals surface area contributed by atoms with Gasteiger partial charge in [-0.25, -0.2) is 14.6 Å². The summed E-state index contributed by atoms with van der Waals surface area (Å²) in [7, 11) is 3.03. The molecule has 0 bridgehead atoms. The van der Waals surface area contributed by atoms with Gasteiger partial charge in [0.05, 0.1) is 42.2 Å². The summed E-state index contributed by atoms with van der Waals surface area (Å²) in [4.78, 5) is 43.7. The van der Waals surface area contributed by atoms with Gasteiger partial charge in [-0.1, -0.05) is 29.5 Å². The Morgan fingerprint density at radius 1 is 1.12 bits per heavy atom. The maximum Gasteiger partial charge on any atom is 0.338 e. The molecule has 1 aliphatic heterocycles. The highest BCUT2D eigenvalue weighted by Gasteiger charge is 2.35. The number of aromatic carboxylic acids is 1. The van der Waals surface area contributed by atoms with E-state index >= 15 is 0 Å². The van der Waals surface area contributed by atoms with Gasteiger partial charge in [0.2, 0.25) is 0 Å². The molecule has 0 spiro atoms. The van der Waals surface area contributed by atoms with Gasteiger partial charge in [-0.3, -0.25) is 9.36 Å². The highest BCUT2D eigenvalue weighted by atomic mass is 32.1. The van der Waals surface area contributed by atoms with Crippen molar-refractivity contribution < 1.29 is 33.3 Å². The van der Waals surface area contributed by atoms with Gasteiger partial charge in [0.25, 0.3) is 5.56 Å². The molecule has 1 aliphatic rings. The minimum Gasteiger partial charge on any atom is -0.497 e. The lowest BCUT2D eigenvalue weighted by Gasteiger charge is -2.26. The monoisotopic (exact) mass is 574 g/mol. The third-order valence-corrected chi connectivity index (χ3v) is 7.56. The van der Waals surface area contributed by atoms with Crippen LogP contribution in [0.5, 0.6) is 11.5 Å². The van der Waals surface area contributed by atoms with Gasteiger partial charge >= 0.3 is 11.9 Å². The molecule has 10 nitrogen and oxygen atoms in total. The van der Waals surface area contributed by atoms with Gasteiger partial charge in [-0.2, -0.15) is 0 Å². The van der Waals surface area contributed by atoms with Crippen LogP contribution in [-0.4, -0.2) is 42.4 Å². The van der Waals surface area contributed by atoms with Crippen molar-refractivity contribution in [1.29, 1.82) is 0 Å². The lowest BCUT2D eigenvalue weighted by Crippen LogP contribution is -2.40. The Bertz CT molecular complexity index is 1880. The van der Waals surface area contributed by atoms with E-state index in [1.165, 1.54) is 24.9 Å². The minimum atomic E-state index is -1.08. The summed E-state index contributed by atoms with van der Waals surface area (Å²) in [6.45, 7) is 3.56. The molecular weight excluding hydrogens is 548 g/mol. The Morgan fingerprint density at radius 3 is 2.61 bits per heavy atom. The number of carboxylic acids is 1. The molecule has 11 heteroatoms. The number of carbonyl (C=O) groups excluding carboxylic acids is 1. The summed E-state index contributed by atoms with van der Waals surface area (Å²) < 4.78 is 24.0. The lowest BCUT2D eigenvalue weighted by atomic mass is 9.95. The van der Waals surface area contributed by atoms with Gasteiger partial charge in [0.1, 0.15) is 29.1 Å². The van der Waals surface area contributed by atoms with E-state index in [4.69, 9.17) is 18.6 Å². The standard InChI is InChI=1S/C30H26N2O8S/c1-5-39-29(36)25-16(2)31-30-32(26(25)21-12-10-17(37-3)14-23(21)38-4)27(33)24(41-30)15-18-11-13-22(40-18)19-8-6-7-9-20(19)28(34)35/h6-15,26H,5H2,1-4H3,(H,34,35). The van der Waals surface area contributed by atoms with E-state index in [-0.39, 0.29) is 17.7 Å². The molecule has 4 aromatic rings. The highest BCUT2D eigenvalue weighted by molar-refractivity contribution is 7.07. The minimum absolute atomic E-state index is 0.100. The van der Waals surface area contributed by atoms with Gasteiger partial charge < -0.3 is 23.7 Å². The van der Waals surface area contributed by atoms with Crippen LogP contribution in [0.1, 0.15) is 41.6 Å². The van der Waals surface area contributed by atoms with Gasteiger partial charge in [-0.15, -0.1) is 0 Å². The number of methoxy groups -OCH3 is 2. The zero-order valence-electron chi connectivity index (χ0n) is 22.7. The third kappa shape index (κ3) is 5.07. The van der Waals surface area contributed by atoms with E-state index in [0.717, 1.165) is 11.3 Å². The average Bonchev–Trinajstić information content (AvgIpc) is 3.56. The van der Waals surface area contributed by atoms with Crippen LogP contribution in [0.15, 0.2) is 80.1 Å². The van der Waals surface area contributed by atoms with Crippen LogP contribution in [0.25, 0.3) is 17.4 Å². The number of ether oxygens (including phenoxy) is 3. The molecule has 0 saturated heterocycles. The summed E-state index contributed by atoms with van der Waals surface area (Å²) in [5.41, 5.74) is 1.33. The van der Waals surface area contributed by atoms with Crippen LogP contribution in [0.4, 0.5) is 0 Å². The number of allylic oxidation sites excluding steroid dienone is 1. The number of esters is 1. The highest BCUT2D eigenvalue weighted by Crippen LogP contribution is 2.37. The normalized spacial score (nSPS) is 14.8. The van der Waals surface area contributed by atoms with Crippen LogP contribution in [-0.2, 0) is 9.53 Å². The number of hydrogen-bond donors (Lipinski definition) is 1. The Balaban J connectivity index is 1.67. The Morgan fingerprint density at radius 2 is 1.90 bits per heavy atom. The number of furan rings is 1. The number of carbonyl (C=O) groups is 2. The van der Waals surface area contributed by atoms with Crippen LogP contribution in [0.2, 0.25) is 0 Å². The number of nitrogens with zero attached hydrogens (tertiary/aromatic N) is 2. The van der Waals surface area contributed by atoms with E-state index < -0.39 is 23.5 Å². The molecule has 210 valence electrons. The number of benzene rings is 2. The zero-order valence-corrected chi connectivity index (χ0v) is 23.5. The second kappa shape index (κ2) is 11.3. The van der Waals surface area contributed by atoms with E-state index in [9.17, 15) is 19.5 Å². The molecular formula is C30H26N2O8S. The van der Waals surface area contributed by atoms with Gasteiger partial charge in [0, 0.05) is 23.3 Å². The number of fused-ring (bicyclic) bond motifs is 1. The summed E-state index contributed by atoms with van der Waals surface area (Å²) in [6, 6.07) is 14.1. The summed E-state index contributed by atoms with van der Waals surface area (Å²) in [5.74, 6) is 0.0173. The maximum atomic E-state index is 13.9. The molecule has 0 saturated carbocycles. The Kier molecular flexibility index (Phi) is 7.62. The van der Waals surface area contributed by atoms with Crippen molar-refractivity contribution in [2.75, 3.05) is 20.8 Å². The molecule has 1 unspecified atom stereocenters. The van der Waals surface area contributed by atoms with E-state index in [1.54, 1.807) is 68.5 Å². The first kappa shape index (κ1) is 27.7. The zero-order chi connectivity index (χ0) is 29.3. The van der Waals surface area contributed by atoms with Crippen LogP contribution in [0, 0.1) is 0 Å². The fraction of sp³-hybridized carbons (Fsp3) is 0.200. The lowest BCUT2D eigenvalue weighted by molar-refractivity contribution is -0.139. The molecule has 0 fully saturated rings. The number of carboxylic acid groups (broad SMARTS) is 1. The first-order valence-corrected chi connectivity index (χ1v) is 13.4. The summed E-state index contributed by atoms with van der Waals surface area (Å²) in [5, 5.41) is 9.54. The fourth-order valence-electron chi connectivity index (χ4n) is 4.72. The average molecular weight is 575 g/mol. The van der Waals surface area contributed by atoms with Crippen molar-refractivity contribution >= 4 is 29.4 Å². The summed E-state index contributed by atoms with van der Waals surface area (Å²) in [6.07, 6.45) is 1.57. The Hall–Kier alpha value is -4.90. The van der Waals surface area contributed by atoms with Crippen LogP contribution in [0.3, 0.4) is 0 Å². The summed E-state index contributed by atoms with van der Waals surface area (Å²) >= 11 is 1.14. The first-order valence-electron chi connectivity index (χ1n) is 12.6. The van der Waals surface area contributed by atoms with Gasteiger partial charge in [-0.05, 0) is 44.2 Å². The molecule has 41 heavy (non-hydrogen) atoms. The van der Waals surface area contributed by atoms with Crippen molar-refractivity contribution in [2.45, 2.75) is 19.9 Å². The molecule has 0 radical (unpaired) electrons. The second-order valence-electron chi connectivity index (χ2n) is 8.96. The quantitative estimate of drug-likeness (QED) is 0.315. The third-order valence-electron chi connectivity index (χ3n) is 6.58. The molecule has 2 aromatic carbocycles. The molecule has 3 heterocycles. The number of aromatic nitrogens is 1. The molecule has 0 amide bonds. The molecule has 1 atom stereocenters. The molecule has 1 N–H and O–H groups in total. The maximum absolute atomic E-state index is 13.9.